The van der Waals surface area contributed by atoms with Crippen LogP contribution in [0, 0.1) is 20.2 Å². The normalized spacial score (nSPS) is 12.2. The van der Waals surface area contributed by atoms with Crippen LogP contribution < -0.4 is 16.0 Å². The summed E-state index contributed by atoms with van der Waals surface area (Å²) in [5.74, 6) is -3.32. The van der Waals surface area contributed by atoms with Crippen LogP contribution in [0.2, 0.25) is 0 Å². The fourth-order valence-corrected chi connectivity index (χ4v) is 4.59. The molecular formula is C29H43N5O12S. The number of unbranched alkanes of at least 4 members (excludes halogenated alkanes) is 2. The monoisotopic (exact) mass is 685 g/mol. The van der Waals surface area contributed by atoms with Crippen LogP contribution in [0.1, 0.15) is 73.1 Å². The van der Waals surface area contributed by atoms with Gasteiger partial charge in [-0.05, 0) is 46.1 Å². The molecule has 0 saturated carbocycles. The van der Waals surface area contributed by atoms with Gasteiger partial charge in [-0.2, -0.15) is 0 Å². The van der Waals surface area contributed by atoms with Crippen LogP contribution in [-0.4, -0.2) is 82.9 Å². The number of nitrogens with one attached hydrogen (secondary N) is 3. The van der Waals surface area contributed by atoms with Crippen LogP contribution in [0.15, 0.2) is 23.1 Å². The third kappa shape index (κ3) is 16.6. The van der Waals surface area contributed by atoms with E-state index in [-0.39, 0.29) is 36.7 Å². The number of rotatable bonds is 20. The smallest absolute Gasteiger partial charge is 0.408 e. The van der Waals surface area contributed by atoms with Crippen molar-refractivity contribution in [2.45, 2.75) is 95.7 Å². The molecule has 0 radical (unpaired) electrons. The number of thioether (sulfide) groups is 1. The molecule has 3 amide bonds. The number of nitrogens with zero attached hydrogens (tertiary/aromatic N) is 2. The van der Waals surface area contributed by atoms with Gasteiger partial charge in [0.25, 0.3) is 11.4 Å². The van der Waals surface area contributed by atoms with Gasteiger partial charge in [0, 0.05) is 18.2 Å². The van der Waals surface area contributed by atoms with Crippen molar-refractivity contribution in [3.63, 3.8) is 0 Å². The number of nitro benzene ring substituents is 2. The molecule has 262 valence electrons. The van der Waals surface area contributed by atoms with E-state index in [9.17, 15) is 44.2 Å². The minimum atomic E-state index is -1.35. The number of nitro groups is 2. The maximum Gasteiger partial charge on any atom is 0.408 e. The summed E-state index contributed by atoms with van der Waals surface area (Å²) in [7, 11) is 0. The number of ether oxygens (including phenoxy) is 3. The number of non-ortho nitro benzene ring substituents is 1. The molecule has 2 atom stereocenters. The fraction of sp³-hybridized carbons (Fsp3) is 0.621. The Morgan fingerprint density at radius 2 is 1.55 bits per heavy atom. The summed E-state index contributed by atoms with van der Waals surface area (Å²) < 4.78 is 15.4. The Hall–Kier alpha value is -4.48. The maximum atomic E-state index is 13.1. The number of carbonyl (C=O) groups excluding carboxylic acids is 5. The van der Waals surface area contributed by atoms with Gasteiger partial charge in [-0.3, -0.25) is 34.6 Å². The van der Waals surface area contributed by atoms with E-state index in [1.165, 1.54) is 0 Å². The van der Waals surface area contributed by atoms with Crippen LogP contribution in [0.25, 0.3) is 0 Å². The second kappa shape index (κ2) is 20.6. The Kier molecular flexibility index (Phi) is 17.8. The van der Waals surface area contributed by atoms with E-state index in [4.69, 9.17) is 14.2 Å². The highest BCUT2D eigenvalue weighted by Gasteiger charge is 2.29. The molecule has 0 fully saturated rings. The molecule has 0 heterocycles. The summed E-state index contributed by atoms with van der Waals surface area (Å²) in [4.78, 5) is 84.2. The quantitative estimate of drug-likeness (QED) is 0.0445. The van der Waals surface area contributed by atoms with Crippen molar-refractivity contribution >= 4 is 53.0 Å². The summed E-state index contributed by atoms with van der Waals surface area (Å²) in [5, 5.41) is 29.9. The van der Waals surface area contributed by atoms with Crippen molar-refractivity contribution in [3.8, 4) is 0 Å². The van der Waals surface area contributed by atoms with Gasteiger partial charge in [0.1, 0.15) is 24.2 Å². The number of carbonyl (C=O) groups is 5. The van der Waals surface area contributed by atoms with Gasteiger partial charge in [-0.25, -0.2) is 9.59 Å². The number of hydrogen-bond donors (Lipinski definition) is 3. The van der Waals surface area contributed by atoms with Gasteiger partial charge in [0.2, 0.25) is 11.8 Å². The molecule has 1 rings (SSSR count). The third-order valence-corrected chi connectivity index (χ3v) is 7.11. The molecule has 0 aliphatic rings. The molecule has 1 aromatic rings. The van der Waals surface area contributed by atoms with Crippen LogP contribution in [0.4, 0.5) is 16.2 Å². The van der Waals surface area contributed by atoms with Gasteiger partial charge in [-0.15, -0.1) is 11.8 Å². The molecule has 0 unspecified atom stereocenters. The molecule has 0 saturated heterocycles. The number of esters is 2. The summed E-state index contributed by atoms with van der Waals surface area (Å²) in [6, 6.07) is 0.390. The topological polar surface area (TPSA) is 235 Å². The molecule has 0 aliphatic heterocycles. The lowest BCUT2D eigenvalue weighted by molar-refractivity contribution is -0.396. The number of benzene rings is 1. The van der Waals surface area contributed by atoms with E-state index in [1.54, 1.807) is 20.8 Å². The molecule has 0 aliphatic carbocycles. The first-order valence-corrected chi connectivity index (χ1v) is 16.0. The van der Waals surface area contributed by atoms with Crippen LogP contribution in [-0.2, 0) is 33.4 Å². The predicted octanol–water partition coefficient (Wildman–Crippen LogP) is 3.56. The van der Waals surface area contributed by atoms with Crippen molar-refractivity contribution < 1.29 is 48.0 Å². The SMILES string of the molecule is CCCCOC(=O)CNC(=O)[C@H](CSc1ccc([N+](=O)[O-])cc1[N+](=O)[O-])NC(=O)CC[C@H](NC(=O)OC(C)(C)C)C(=O)OCCCC. The van der Waals surface area contributed by atoms with Gasteiger partial charge in [-0.1, -0.05) is 26.7 Å². The minimum Gasteiger partial charge on any atom is -0.464 e. The Labute approximate surface area is 276 Å². The Morgan fingerprint density at radius 1 is 0.915 bits per heavy atom. The summed E-state index contributed by atoms with van der Waals surface area (Å²) in [6.45, 7) is 8.45. The van der Waals surface area contributed by atoms with E-state index >= 15 is 0 Å². The summed E-state index contributed by atoms with van der Waals surface area (Å²) >= 11 is 0.776. The Bertz CT molecular complexity index is 1270. The second-order valence-electron chi connectivity index (χ2n) is 11.1. The molecule has 0 spiro atoms. The van der Waals surface area contributed by atoms with Crippen molar-refractivity contribution in [2.75, 3.05) is 25.5 Å². The van der Waals surface area contributed by atoms with Crippen LogP contribution in [0.3, 0.4) is 0 Å². The maximum absolute atomic E-state index is 13.1. The fourth-order valence-electron chi connectivity index (χ4n) is 3.56. The molecule has 47 heavy (non-hydrogen) atoms. The van der Waals surface area contributed by atoms with Gasteiger partial charge < -0.3 is 30.2 Å². The first-order chi connectivity index (χ1) is 22.1. The summed E-state index contributed by atoms with van der Waals surface area (Å²) in [5.41, 5.74) is -1.95. The molecule has 18 heteroatoms. The molecule has 0 aromatic heterocycles. The standard InChI is InChI=1S/C29H43N5O12S/c1-6-8-14-44-25(36)17-30-26(37)21(18-47-23-12-10-19(33(40)41)16-22(23)34(42)43)31-24(35)13-11-20(27(38)45-15-9-7-2)32-28(39)46-29(3,4)5/h10,12,16,20-21H,6-9,11,13-15,17-18H2,1-5H3,(H,30,37)(H,31,35)(H,32,39)/t20-,21-/m0/s1. The zero-order valence-corrected chi connectivity index (χ0v) is 28.0. The highest BCUT2D eigenvalue weighted by atomic mass is 32.2. The van der Waals surface area contributed by atoms with Crippen molar-refractivity contribution in [1.82, 2.24) is 16.0 Å². The zero-order chi connectivity index (χ0) is 35.6. The van der Waals surface area contributed by atoms with Gasteiger partial charge in [0.15, 0.2) is 0 Å². The molecule has 3 N–H and O–H groups in total. The van der Waals surface area contributed by atoms with Gasteiger partial charge >= 0.3 is 18.0 Å². The van der Waals surface area contributed by atoms with Crippen molar-refractivity contribution in [2.24, 2.45) is 0 Å². The largest absolute Gasteiger partial charge is 0.464 e. The molecule has 0 bridgehead atoms. The van der Waals surface area contributed by atoms with E-state index in [1.807, 2.05) is 13.8 Å². The lowest BCUT2D eigenvalue weighted by Crippen LogP contribution is -2.50. The average Bonchev–Trinajstić information content (AvgIpc) is 2.99. The zero-order valence-electron chi connectivity index (χ0n) is 27.2. The lowest BCUT2D eigenvalue weighted by Gasteiger charge is -2.23. The van der Waals surface area contributed by atoms with E-state index in [0.717, 1.165) is 42.8 Å². The van der Waals surface area contributed by atoms with Crippen LogP contribution in [0.5, 0.6) is 0 Å². The third-order valence-electron chi connectivity index (χ3n) is 5.95. The van der Waals surface area contributed by atoms with Crippen LogP contribution >= 0.6 is 11.8 Å². The summed E-state index contributed by atoms with van der Waals surface area (Å²) in [6.07, 6.45) is 1.24. The van der Waals surface area contributed by atoms with Gasteiger partial charge in [0.05, 0.1) is 34.0 Å². The van der Waals surface area contributed by atoms with E-state index in [0.29, 0.717) is 12.8 Å². The van der Waals surface area contributed by atoms with Crippen molar-refractivity contribution in [3.05, 3.63) is 38.4 Å². The second-order valence-corrected chi connectivity index (χ2v) is 12.2. The molecule has 17 nitrogen and oxygen atoms in total. The van der Waals surface area contributed by atoms with E-state index in [2.05, 4.69) is 16.0 Å². The molecule has 1 aromatic carbocycles. The highest BCUT2D eigenvalue weighted by Crippen LogP contribution is 2.32. The first-order valence-electron chi connectivity index (χ1n) is 15.0. The number of amides is 3. The predicted molar refractivity (Wildman–Crippen MR) is 170 cm³/mol. The highest BCUT2D eigenvalue weighted by molar-refractivity contribution is 7.99. The number of alkyl carbamates (subject to hydrolysis) is 1. The lowest BCUT2D eigenvalue weighted by atomic mass is 10.1. The minimum absolute atomic E-state index is 0.0110. The Balaban J connectivity index is 3.09. The van der Waals surface area contributed by atoms with Crippen molar-refractivity contribution in [1.29, 1.82) is 0 Å². The van der Waals surface area contributed by atoms with E-state index < -0.39 is 75.3 Å². The first kappa shape index (κ1) is 40.5. The number of hydrogen-bond acceptors (Lipinski definition) is 13. The molecular weight excluding hydrogens is 642 g/mol. The Morgan fingerprint density at radius 3 is 2.13 bits per heavy atom. The average molecular weight is 686 g/mol.